The van der Waals surface area contributed by atoms with Crippen LogP contribution in [0.4, 0.5) is 8.78 Å². The summed E-state index contributed by atoms with van der Waals surface area (Å²) >= 11 is 0. The molecule has 4 nitrogen and oxygen atoms in total. The molecule has 1 atom stereocenters. The lowest BCUT2D eigenvalue weighted by atomic mass is 10.1. The number of benzene rings is 2. The minimum absolute atomic E-state index is 0.0380. The number of hydrogen-bond donors (Lipinski definition) is 2. The Labute approximate surface area is 132 Å². The summed E-state index contributed by atoms with van der Waals surface area (Å²) in [6, 6.07) is 15.0. The second-order valence-corrected chi connectivity index (χ2v) is 4.93. The number of aliphatic hydroxyl groups excluding tert-OH is 1. The molecular weight excluding hydrogens is 304 g/mol. The molecule has 0 radical (unpaired) electrons. The first-order valence-corrected chi connectivity index (χ1v) is 7.08. The Morgan fingerprint density at radius 3 is 2.57 bits per heavy atom. The summed E-state index contributed by atoms with van der Waals surface area (Å²) in [7, 11) is 0. The summed E-state index contributed by atoms with van der Waals surface area (Å²) in [4.78, 5) is 11.8. The van der Waals surface area contributed by atoms with E-state index in [1.54, 1.807) is 36.4 Å². The molecule has 0 aliphatic carbocycles. The van der Waals surface area contributed by atoms with Crippen molar-refractivity contribution < 1.29 is 23.4 Å². The molecule has 122 valence electrons. The van der Waals surface area contributed by atoms with Gasteiger partial charge < -0.3 is 15.2 Å². The minimum atomic E-state index is -2.89. The van der Waals surface area contributed by atoms with Gasteiger partial charge >= 0.3 is 6.61 Å². The SMILES string of the molecule is O=C(CC(O)c1ccccc1)NCc1cccc(OC(F)F)c1. The highest BCUT2D eigenvalue weighted by atomic mass is 19.3. The van der Waals surface area contributed by atoms with Crippen molar-refractivity contribution in [1.82, 2.24) is 5.32 Å². The predicted octanol–water partition coefficient (Wildman–Crippen LogP) is 3.03. The van der Waals surface area contributed by atoms with Crippen molar-refractivity contribution in [3.05, 3.63) is 65.7 Å². The molecule has 0 bridgehead atoms. The van der Waals surface area contributed by atoms with Crippen LogP contribution in [0.3, 0.4) is 0 Å². The number of carbonyl (C=O) groups is 1. The molecule has 0 aromatic heterocycles. The van der Waals surface area contributed by atoms with Crippen molar-refractivity contribution in [3.63, 3.8) is 0 Å². The molecule has 2 aromatic carbocycles. The zero-order chi connectivity index (χ0) is 16.7. The van der Waals surface area contributed by atoms with E-state index < -0.39 is 12.7 Å². The summed E-state index contributed by atoms with van der Waals surface area (Å²) < 4.78 is 28.6. The quantitative estimate of drug-likeness (QED) is 0.824. The number of rotatable bonds is 7. The van der Waals surface area contributed by atoms with E-state index in [0.717, 1.165) is 0 Å². The van der Waals surface area contributed by atoms with Gasteiger partial charge in [-0.05, 0) is 23.3 Å². The maximum atomic E-state index is 12.2. The lowest BCUT2D eigenvalue weighted by molar-refractivity contribution is -0.123. The number of alkyl halides is 2. The van der Waals surface area contributed by atoms with Crippen molar-refractivity contribution in [3.8, 4) is 5.75 Å². The lowest BCUT2D eigenvalue weighted by Gasteiger charge is -2.12. The van der Waals surface area contributed by atoms with Gasteiger partial charge in [0.05, 0.1) is 12.5 Å². The number of halogens is 2. The Kier molecular flexibility index (Phi) is 6.05. The van der Waals surface area contributed by atoms with Crippen LogP contribution < -0.4 is 10.1 Å². The van der Waals surface area contributed by atoms with E-state index in [4.69, 9.17) is 0 Å². The van der Waals surface area contributed by atoms with Gasteiger partial charge in [-0.3, -0.25) is 4.79 Å². The van der Waals surface area contributed by atoms with Crippen LogP contribution >= 0.6 is 0 Å². The van der Waals surface area contributed by atoms with Gasteiger partial charge in [0.2, 0.25) is 5.91 Å². The zero-order valence-electron chi connectivity index (χ0n) is 12.3. The number of hydrogen-bond acceptors (Lipinski definition) is 3. The summed E-state index contributed by atoms with van der Waals surface area (Å²) in [5.74, 6) is -0.294. The predicted molar refractivity (Wildman–Crippen MR) is 80.9 cm³/mol. The van der Waals surface area contributed by atoms with E-state index >= 15 is 0 Å². The van der Waals surface area contributed by atoms with Crippen molar-refractivity contribution in [2.24, 2.45) is 0 Å². The topological polar surface area (TPSA) is 58.6 Å². The number of nitrogens with one attached hydrogen (secondary N) is 1. The third kappa shape index (κ3) is 5.67. The van der Waals surface area contributed by atoms with Crippen LogP contribution in [0.1, 0.15) is 23.7 Å². The highest BCUT2D eigenvalue weighted by Gasteiger charge is 2.12. The van der Waals surface area contributed by atoms with Crippen molar-refractivity contribution >= 4 is 5.91 Å². The molecular formula is C17H17F2NO3. The van der Waals surface area contributed by atoms with E-state index in [0.29, 0.717) is 11.1 Å². The third-order valence-corrected chi connectivity index (χ3v) is 3.18. The van der Waals surface area contributed by atoms with Crippen LogP contribution in [0.2, 0.25) is 0 Å². The largest absolute Gasteiger partial charge is 0.435 e. The molecule has 23 heavy (non-hydrogen) atoms. The molecule has 0 saturated heterocycles. The molecule has 1 unspecified atom stereocenters. The molecule has 0 fully saturated rings. The van der Waals surface area contributed by atoms with Crippen LogP contribution in [0.5, 0.6) is 5.75 Å². The molecule has 0 aliphatic heterocycles. The van der Waals surface area contributed by atoms with Gasteiger partial charge in [0, 0.05) is 6.54 Å². The monoisotopic (exact) mass is 321 g/mol. The molecule has 2 N–H and O–H groups in total. The lowest BCUT2D eigenvalue weighted by Crippen LogP contribution is -2.24. The summed E-state index contributed by atoms with van der Waals surface area (Å²) in [5.41, 5.74) is 1.29. The fourth-order valence-corrected chi connectivity index (χ4v) is 2.07. The average Bonchev–Trinajstić information content (AvgIpc) is 2.53. The molecule has 2 rings (SSSR count). The van der Waals surface area contributed by atoms with Gasteiger partial charge in [0.15, 0.2) is 0 Å². The Morgan fingerprint density at radius 2 is 1.87 bits per heavy atom. The molecule has 0 spiro atoms. The Balaban J connectivity index is 1.84. The maximum Gasteiger partial charge on any atom is 0.387 e. The first-order chi connectivity index (χ1) is 11.0. The molecule has 2 aromatic rings. The van der Waals surface area contributed by atoms with Gasteiger partial charge in [0.1, 0.15) is 5.75 Å². The van der Waals surface area contributed by atoms with Crippen molar-refractivity contribution in [2.75, 3.05) is 0 Å². The maximum absolute atomic E-state index is 12.2. The second-order valence-electron chi connectivity index (χ2n) is 4.93. The number of carbonyl (C=O) groups excluding carboxylic acids is 1. The zero-order valence-corrected chi connectivity index (χ0v) is 12.3. The van der Waals surface area contributed by atoms with E-state index in [9.17, 15) is 18.7 Å². The number of ether oxygens (including phenoxy) is 1. The number of aliphatic hydroxyl groups is 1. The minimum Gasteiger partial charge on any atom is -0.435 e. The Hall–Kier alpha value is -2.47. The molecule has 0 aliphatic rings. The van der Waals surface area contributed by atoms with E-state index in [1.807, 2.05) is 6.07 Å². The van der Waals surface area contributed by atoms with E-state index in [-0.39, 0.29) is 24.6 Å². The normalized spacial score (nSPS) is 12.0. The van der Waals surface area contributed by atoms with E-state index in [1.165, 1.54) is 12.1 Å². The van der Waals surface area contributed by atoms with Gasteiger partial charge in [-0.2, -0.15) is 8.78 Å². The Morgan fingerprint density at radius 1 is 1.13 bits per heavy atom. The third-order valence-electron chi connectivity index (χ3n) is 3.18. The Bertz CT molecular complexity index is 635. The summed E-state index contributed by atoms with van der Waals surface area (Å²) in [6.45, 7) is -2.72. The van der Waals surface area contributed by atoms with Crippen LogP contribution in [-0.2, 0) is 11.3 Å². The van der Waals surface area contributed by atoms with Gasteiger partial charge in [-0.25, -0.2) is 0 Å². The number of amides is 1. The first kappa shape index (κ1) is 16.9. The molecule has 0 heterocycles. The summed E-state index contributed by atoms with van der Waals surface area (Å²) in [6.07, 6.45) is -0.957. The van der Waals surface area contributed by atoms with Gasteiger partial charge in [-0.15, -0.1) is 0 Å². The molecule has 6 heteroatoms. The van der Waals surface area contributed by atoms with Crippen molar-refractivity contribution in [2.45, 2.75) is 25.7 Å². The van der Waals surface area contributed by atoms with Crippen LogP contribution in [0.25, 0.3) is 0 Å². The average molecular weight is 321 g/mol. The first-order valence-electron chi connectivity index (χ1n) is 7.08. The van der Waals surface area contributed by atoms with Crippen LogP contribution in [-0.4, -0.2) is 17.6 Å². The smallest absolute Gasteiger partial charge is 0.387 e. The highest BCUT2D eigenvalue weighted by Crippen LogP contribution is 2.17. The molecule has 0 saturated carbocycles. The van der Waals surface area contributed by atoms with E-state index in [2.05, 4.69) is 10.1 Å². The standard InChI is InChI=1S/C17H17F2NO3/c18-17(19)23-14-8-4-5-12(9-14)11-20-16(22)10-15(21)13-6-2-1-3-7-13/h1-9,15,17,21H,10-11H2,(H,20,22). The fourth-order valence-electron chi connectivity index (χ4n) is 2.07. The van der Waals surface area contributed by atoms with Crippen molar-refractivity contribution in [1.29, 1.82) is 0 Å². The van der Waals surface area contributed by atoms with Gasteiger partial charge in [-0.1, -0.05) is 42.5 Å². The summed E-state index contributed by atoms with van der Waals surface area (Å²) in [5, 5.41) is 12.6. The van der Waals surface area contributed by atoms with Gasteiger partial charge in [0.25, 0.3) is 0 Å². The molecule has 1 amide bonds. The van der Waals surface area contributed by atoms with Crippen LogP contribution in [0.15, 0.2) is 54.6 Å². The second kappa shape index (κ2) is 8.24. The highest BCUT2D eigenvalue weighted by molar-refractivity contribution is 5.76. The fraction of sp³-hybridized carbons (Fsp3) is 0.235. The van der Waals surface area contributed by atoms with Crippen LogP contribution in [0, 0.1) is 0 Å².